The number of nitrogens with zero attached hydrogens (tertiary/aromatic N) is 1. The third kappa shape index (κ3) is 6.35. The number of ether oxygens (including phenoxy) is 1. The first-order valence-electron chi connectivity index (χ1n) is 6.50. The van der Waals surface area contributed by atoms with Gasteiger partial charge in [-0.2, -0.15) is 5.26 Å². The van der Waals surface area contributed by atoms with Gasteiger partial charge in [0, 0.05) is 18.5 Å². The number of alkyl carbamates (subject to hydrolysis) is 1. The molecule has 0 heterocycles. The Labute approximate surface area is 124 Å². The minimum Gasteiger partial charge on any atom is -0.507 e. The summed E-state index contributed by atoms with van der Waals surface area (Å²) in [5.74, 6) is 5.63. The monoisotopic (exact) mass is 286 g/mol. The average Bonchev–Trinajstić information content (AvgIpc) is 2.36. The van der Waals surface area contributed by atoms with E-state index in [1.807, 2.05) is 6.07 Å². The van der Waals surface area contributed by atoms with Gasteiger partial charge in [-0.15, -0.1) is 0 Å². The van der Waals surface area contributed by atoms with Crippen LogP contribution in [0.2, 0.25) is 0 Å². The summed E-state index contributed by atoms with van der Waals surface area (Å²) in [5, 5.41) is 20.8. The van der Waals surface area contributed by atoms with Gasteiger partial charge in [-0.1, -0.05) is 11.8 Å². The fourth-order valence-corrected chi connectivity index (χ4v) is 1.41. The summed E-state index contributed by atoms with van der Waals surface area (Å²) in [4.78, 5) is 11.4. The van der Waals surface area contributed by atoms with E-state index in [0.29, 0.717) is 18.5 Å². The molecule has 0 aromatic heterocycles. The van der Waals surface area contributed by atoms with Crippen LogP contribution in [0.3, 0.4) is 0 Å². The van der Waals surface area contributed by atoms with Crippen LogP contribution in [0.5, 0.6) is 5.75 Å². The van der Waals surface area contributed by atoms with E-state index in [1.54, 1.807) is 26.8 Å². The number of nitrogens with one attached hydrogen (secondary N) is 1. The zero-order chi connectivity index (χ0) is 15.9. The predicted octanol–water partition coefficient (Wildman–Crippen LogP) is 2.53. The fraction of sp³-hybridized carbons (Fsp3) is 0.375. The molecule has 1 rings (SSSR count). The van der Waals surface area contributed by atoms with Crippen molar-refractivity contribution in [3.63, 3.8) is 0 Å². The summed E-state index contributed by atoms with van der Waals surface area (Å²) in [7, 11) is 0. The lowest BCUT2D eigenvalue weighted by molar-refractivity contribution is 0.0529. The summed E-state index contributed by atoms with van der Waals surface area (Å²) < 4.78 is 5.08. The van der Waals surface area contributed by atoms with E-state index in [0.717, 1.165) is 0 Å². The van der Waals surface area contributed by atoms with Crippen molar-refractivity contribution in [3.8, 4) is 23.7 Å². The molecule has 0 bridgehead atoms. The molecule has 0 saturated heterocycles. The number of amides is 1. The Balaban J connectivity index is 2.42. The van der Waals surface area contributed by atoms with Crippen molar-refractivity contribution in [2.24, 2.45) is 0 Å². The molecule has 0 aliphatic rings. The molecule has 0 fully saturated rings. The van der Waals surface area contributed by atoms with Gasteiger partial charge in [0.15, 0.2) is 0 Å². The van der Waals surface area contributed by atoms with Gasteiger partial charge in [0.2, 0.25) is 0 Å². The van der Waals surface area contributed by atoms with Crippen molar-refractivity contribution >= 4 is 6.09 Å². The number of phenols is 1. The van der Waals surface area contributed by atoms with Crippen LogP contribution >= 0.6 is 0 Å². The molecule has 110 valence electrons. The normalized spacial score (nSPS) is 10.0. The number of hydrogen-bond acceptors (Lipinski definition) is 4. The van der Waals surface area contributed by atoms with Crippen molar-refractivity contribution in [3.05, 3.63) is 29.3 Å². The number of hydrogen-bond donors (Lipinski definition) is 2. The number of rotatable bonds is 2. The molecule has 5 nitrogen and oxygen atoms in total. The van der Waals surface area contributed by atoms with E-state index in [-0.39, 0.29) is 11.3 Å². The summed E-state index contributed by atoms with van der Waals surface area (Å²) in [5.41, 5.74) is 0.311. The number of benzene rings is 1. The van der Waals surface area contributed by atoms with Crippen LogP contribution in [0.15, 0.2) is 18.2 Å². The SMILES string of the molecule is CC(C)(C)OC(=O)NCCC#Cc1ccc(C#N)c(O)c1. The topological polar surface area (TPSA) is 82.3 Å². The first-order valence-corrected chi connectivity index (χ1v) is 6.50. The van der Waals surface area contributed by atoms with Gasteiger partial charge >= 0.3 is 6.09 Å². The van der Waals surface area contributed by atoms with Gasteiger partial charge in [-0.05, 0) is 39.0 Å². The van der Waals surface area contributed by atoms with Crippen molar-refractivity contribution in [2.45, 2.75) is 32.8 Å². The summed E-state index contributed by atoms with van der Waals surface area (Å²) in [6, 6.07) is 6.48. The number of phenolic OH excluding ortho intramolecular Hbond substituents is 1. The van der Waals surface area contributed by atoms with Gasteiger partial charge < -0.3 is 15.2 Å². The van der Waals surface area contributed by atoms with Crippen LogP contribution < -0.4 is 5.32 Å². The highest BCUT2D eigenvalue weighted by Crippen LogP contribution is 2.16. The lowest BCUT2D eigenvalue weighted by atomic mass is 10.1. The molecular formula is C16H18N2O3. The number of aromatic hydroxyl groups is 1. The number of carbonyl (C=O) groups is 1. The Morgan fingerprint density at radius 2 is 2.14 bits per heavy atom. The molecule has 0 aliphatic heterocycles. The maximum absolute atomic E-state index is 11.4. The van der Waals surface area contributed by atoms with Crippen LogP contribution in [0, 0.1) is 23.2 Å². The van der Waals surface area contributed by atoms with Gasteiger partial charge in [-0.25, -0.2) is 4.79 Å². The van der Waals surface area contributed by atoms with Gasteiger partial charge in [0.25, 0.3) is 0 Å². The van der Waals surface area contributed by atoms with Gasteiger partial charge in [0.05, 0.1) is 5.56 Å². The maximum atomic E-state index is 11.4. The van der Waals surface area contributed by atoms with Crippen LogP contribution in [-0.2, 0) is 4.74 Å². The standard InChI is InChI=1S/C16H18N2O3/c1-16(2,3)21-15(20)18-9-5-4-6-12-7-8-13(11-17)14(19)10-12/h7-8,10,19H,5,9H2,1-3H3,(H,18,20). The third-order valence-electron chi connectivity index (χ3n) is 2.27. The molecule has 5 heteroatoms. The molecular weight excluding hydrogens is 268 g/mol. The molecule has 0 spiro atoms. The minimum atomic E-state index is -0.518. The van der Waals surface area contributed by atoms with E-state index >= 15 is 0 Å². The molecule has 1 aromatic rings. The molecule has 21 heavy (non-hydrogen) atoms. The van der Waals surface area contributed by atoms with E-state index in [4.69, 9.17) is 10.00 Å². The van der Waals surface area contributed by atoms with Crippen LogP contribution in [-0.4, -0.2) is 23.3 Å². The Hall–Kier alpha value is -2.66. The van der Waals surface area contributed by atoms with E-state index < -0.39 is 11.7 Å². The largest absolute Gasteiger partial charge is 0.507 e. The van der Waals surface area contributed by atoms with Crippen molar-refractivity contribution in [2.75, 3.05) is 6.54 Å². The lowest BCUT2D eigenvalue weighted by Gasteiger charge is -2.19. The number of carbonyl (C=O) groups excluding carboxylic acids is 1. The quantitative estimate of drug-likeness (QED) is 0.646. The van der Waals surface area contributed by atoms with Crippen molar-refractivity contribution in [1.82, 2.24) is 5.32 Å². The summed E-state index contributed by atoms with van der Waals surface area (Å²) in [6.07, 6.45) is -0.0136. The molecule has 0 radical (unpaired) electrons. The molecule has 1 amide bonds. The average molecular weight is 286 g/mol. The smallest absolute Gasteiger partial charge is 0.407 e. The zero-order valence-electron chi connectivity index (χ0n) is 12.4. The second-order valence-electron chi connectivity index (χ2n) is 5.32. The van der Waals surface area contributed by atoms with Gasteiger partial charge in [0.1, 0.15) is 17.4 Å². The number of nitriles is 1. The molecule has 0 unspecified atom stereocenters. The molecule has 0 saturated carbocycles. The highest BCUT2D eigenvalue weighted by molar-refractivity contribution is 5.67. The van der Waals surface area contributed by atoms with E-state index in [9.17, 15) is 9.90 Å². The van der Waals surface area contributed by atoms with Crippen LogP contribution in [0.1, 0.15) is 38.3 Å². The van der Waals surface area contributed by atoms with E-state index in [2.05, 4.69) is 17.2 Å². The Bertz CT molecular complexity index is 613. The van der Waals surface area contributed by atoms with E-state index in [1.165, 1.54) is 12.1 Å². The zero-order valence-corrected chi connectivity index (χ0v) is 12.4. The van der Waals surface area contributed by atoms with Crippen LogP contribution in [0.4, 0.5) is 4.79 Å². The highest BCUT2D eigenvalue weighted by Gasteiger charge is 2.15. The lowest BCUT2D eigenvalue weighted by Crippen LogP contribution is -2.32. The third-order valence-corrected chi connectivity index (χ3v) is 2.27. The minimum absolute atomic E-state index is 0.0869. The molecule has 1 aromatic carbocycles. The highest BCUT2D eigenvalue weighted by atomic mass is 16.6. The first-order chi connectivity index (χ1) is 9.81. The molecule has 0 atom stereocenters. The van der Waals surface area contributed by atoms with Gasteiger partial charge in [-0.3, -0.25) is 0 Å². The Kier molecular flexibility index (Phi) is 5.63. The second kappa shape index (κ2) is 7.21. The summed E-state index contributed by atoms with van der Waals surface area (Å²) >= 11 is 0. The molecule has 0 aliphatic carbocycles. The van der Waals surface area contributed by atoms with Crippen molar-refractivity contribution in [1.29, 1.82) is 5.26 Å². The Morgan fingerprint density at radius 1 is 1.43 bits per heavy atom. The fourth-order valence-electron chi connectivity index (χ4n) is 1.41. The second-order valence-corrected chi connectivity index (χ2v) is 5.32. The summed E-state index contributed by atoms with van der Waals surface area (Å²) in [6.45, 7) is 5.77. The van der Waals surface area contributed by atoms with Crippen LogP contribution in [0.25, 0.3) is 0 Å². The maximum Gasteiger partial charge on any atom is 0.407 e. The first kappa shape index (κ1) is 16.4. The Morgan fingerprint density at radius 3 is 2.71 bits per heavy atom. The predicted molar refractivity (Wildman–Crippen MR) is 78.6 cm³/mol. The molecule has 2 N–H and O–H groups in total. The van der Waals surface area contributed by atoms with Crippen molar-refractivity contribution < 1.29 is 14.6 Å².